The van der Waals surface area contributed by atoms with Gasteiger partial charge < -0.3 is 15.7 Å². The van der Waals surface area contributed by atoms with Crippen molar-refractivity contribution in [2.24, 2.45) is 0 Å². The monoisotopic (exact) mass is 278 g/mol. The van der Waals surface area contributed by atoms with E-state index in [9.17, 15) is 14.7 Å². The standard InChI is InChI=1S/C15H22N2O3/c1-4-15(20,5-2)10-17-14(19)12-8-6-7-11(9-12)13(18)16-3/h6-9,20H,4-5,10H2,1-3H3,(H,16,18)(H,17,19). The minimum absolute atomic E-state index is 0.197. The Hall–Kier alpha value is -1.88. The van der Waals surface area contributed by atoms with Crippen LogP contribution in [-0.2, 0) is 0 Å². The van der Waals surface area contributed by atoms with Crippen molar-refractivity contribution in [1.29, 1.82) is 0 Å². The van der Waals surface area contributed by atoms with Gasteiger partial charge in [-0.2, -0.15) is 0 Å². The Bertz CT molecular complexity index is 482. The molecule has 0 heterocycles. The number of carbonyl (C=O) groups excluding carboxylic acids is 2. The largest absolute Gasteiger partial charge is 0.388 e. The van der Waals surface area contributed by atoms with Crippen LogP contribution in [0.15, 0.2) is 24.3 Å². The molecule has 0 bridgehead atoms. The third-order valence-corrected chi connectivity index (χ3v) is 3.51. The highest BCUT2D eigenvalue weighted by Gasteiger charge is 2.23. The van der Waals surface area contributed by atoms with Crippen LogP contribution >= 0.6 is 0 Å². The third-order valence-electron chi connectivity index (χ3n) is 3.51. The van der Waals surface area contributed by atoms with Crippen LogP contribution in [0.5, 0.6) is 0 Å². The molecule has 0 radical (unpaired) electrons. The molecule has 0 fully saturated rings. The normalized spacial score (nSPS) is 11.0. The lowest BCUT2D eigenvalue weighted by Crippen LogP contribution is -2.42. The second-order valence-corrected chi connectivity index (χ2v) is 4.77. The van der Waals surface area contributed by atoms with E-state index in [4.69, 9.17) is 0 Å². The van der Waals surface area contributed by atoms with E-state index in [1.807, 2.05) is 13.8 Å². The van der Waals surface area contributed by atoms with E-state index in [2.05, 4.69) is 10.6 Å². The number of carbonyl (C=O) groups is 2. The van der Waals surface area contributed by atoms with Crippen LogP contribution in [0.1, 0.15) is 47.4 Å². The van der Waals surface area contributed by atoms with Crippen LogP contribution in [0.4, 0.5) is 0 Å². The van der Waals surface area contributed by atoms with Crippen molar-refractivity contribution in [2.75, 3.05) is 13.6 Å². The Morgan fingerprint density at radius 2 is 1.70 bits per heavy atom. The fourth-order valence-electron chi connectivity index (χ4n) is 1.79. The van der Waals surface area contributed by atoms with Gasteiger partial charge in [0.05, 0.1) is 5.60 Å². The first kappa shape index (κ1) is 16.2. The second-order valence-electron chi connectivity index (χ2n) is 4.77. The number of benzene rings is 1. The number of aliphatic hydroxyl groups is 1. The zero-order chi connectivity index (χ0) is 15.2. The summed E-state index contributed by atoms with van der Waals surface area (Å²) in [6.07, 6.45) is 1.14. The summed E-state index contributed by atoms with van der Waals surface area (Å²) < 4.78 is 0. The fraction of sp³-hybridized carbons (Fsp3) is 0.467. The van der Waals surface area contributed by atoms with E-state index in [1.54, 1.807) is 18.2 Å². The van der Waals surface area contributed by atoms with Crippen molar-refractivity contribution >= 4 is 11.8 Å². The highest BCUT2D eigenvalue weighted by Crippen LogP contribution is 2.13. The predicted molar refractivity (Wildman–Crippen MR) is 77.7 cm³/mol. The van der Waals surface area contributed by atoms with Crippen LogP contribution in [0.25, 0.3) is 0 Å². The van der Waals surface area contributed by atoms with Gasteiger partial charge in [0.15, 0.2) is 0 Å². The lowest BCUT2D eigenvalue weighted by molar-refractivity contribution is 0.0314. The summed E-state index contributed by atoms with van der Waals surface area (Å²) in [5, 5.41) is 15.3. The Kier molecular flexibility index (Phi) is 5.70. The quantitative estimate of drug-likeness (QED) is 0.734. The van der Waals surface area contributed by atoms with Crippen LogP contribution in [-0.4, -0.2) is 36.1 Å². The fourth-order valence-corrected chi connectivity index (χ4v) is 1.79. The molecule has 20 heavy (non-hydrogen) atoms. The maximum atomic E-state index is 12.0. The van der Waals surface area contributed by atoms with E-state index >= 15 is 0 Å². The Morgan fingerprint density at radius 1 is 1.15 bits per heavy atom. The third kappa shape index (κ3) is 4.06. The van der Waals surface area contributed by atoms with Gasteiger partial charge in [-0.05, 0) is 31.0 Å². The highest BCUT2D eigenvalue weighted by molar-refractivity contribution is 5.99. The van der Waals surface area contributed by atoms with Crippen molar-refractivity contribution in [3.63, 3.8) is 0 Å². The highest BCUT2D eigenvalue weighted by atomic mass is 16.3. The van der Waals surface area contributed by atoms with E-state index in [0.717, 1.165) is 0 Å². The van der Waals surface area contributed by atoms with Crippen LogP contribution in [0.2, 0.25) is 0 Å². The molecule has 0 aliphatic rings. The van der Waals surface area contributed by atoms with Crippen molar-refractivity contribution in [1.82, 2.24) is 10.6 Å². The van der Waals surface area contributed by atoms with Crippen molar-refractivity contribution in [2.45, 2.75) is 32.3 Å². The van der Waals surface area contributed by atoms with Gasteiger partial charge in [0.2, 0.25) is 0 Å². The summed E-state index contributed by atoms with van der Waals surface area (Å²) in [5.41, 5.74) is -0.0457. The van der Waals surface area contributed by atoms with Gasteiger partial charge in [-0.15, -0.1) is 0 Å². The van der Waals surface area contributed by atoms with E-state index in [1.165, 1.54) is 13.1 Å². The summed E-state index contributed by atoms with van der Waals surface area (Å²) in [7, 11) is 1.54. The molecule has 3 N–H and O–H groups in total. The van der Waals surface area contributed by atoms with Crippen LogP contribution < -0.4 is 10.6 Å². The molecular weight excluding hydrogens is 256 g/mol. The molecule has 0 atom stereocenters. The van der Waals surface area contributed by atoms with Gasteiger partial charge in [0.1, 0.15) is 0 Å². The van der Waals surface area contributed by atoms with E-state index in [0.29, 0.717) is 24.0 Å². The van der Waals surface area contributed by atoms with Gasteiger partial charge in [-0.3, -0.25) is 9.59 Å². The van der Waals surface area contributed by atoms with Gasteiger partial charge in [-0.25, -0.2) is 0 Å². The lowest BCUT2D eigenvalue weighted by atomic mass is 9.97. The van der Waals surface area contributed by atoms with Gasteiger partial charge in [-0.1, -0.05) is 19.9 Å². The number of nitrogens with one attached hydrogen (secondary N) is 2. The Balaban J connectivity index is 2.76. The molecule has 0 aliphatic carbocycles. The first-order valence-electron chi connectivity index (χ1n) is 6.78. The van der Waals surface area contributed by atoms with Crippen molar-refractivity contribution < 1.29 is 14.7 Å². The van der Waals surface area contributed by atoms with Gasteiger partial charge >= 0.3 is 0 Å². The predicted octanol–water partition coefficient (Wildman–Crippen LogP) is 1.33. The molecule has 0 spiro atoms. The lowest BCUT2D eigenvalue weighted by Gasteiger charge is -2.25. The number of hydrogen-bond acceptors (Lipinski definition) is 3. The average Bonchev–Trinajstić information content (AvgIpc) is 2.51. The number of amides is 2. The summed E-state index contributed by atoms with van der Waals surface area (Å²) in [4.78, 5) is 23.5. The first-order valence-corrected chi connectivity index (χ1v) is 6.78. The van der Waals surface area contributed by atoms with E-state index in [-0.39, 0.29) is 18.4 Å². The molecule has 0 unspecified atom stereocenters. The SMILES string of the molecule is CCC(O)(CC)CNC(=O)c1cccc(C(=O)NC)c1. The molecule has 2 amide bonds. The topological polar surface area (TPSA) is 78.4 Å². The molecule has 0 aromatic heterocycles. The molecule has 0 saturated carbocycles. The maximum Gasteiger partial charge on any atom is 0.251 e. The molecule has 110 valence electrons. The summed E-state index contributed by atoms with van der Waals surface area (Å²) in [6.45, 7) is 3.95. The minimum atomic E-state index is -0.881. The maximum absolute atomic E-state index is 12.0. The zero-order valence-corrected chi connectivity index (χ0v) is 12.2. The van der Waals surface area contributed by atoms with Gasteiger partial charge in [0.25, 0.3) is 11.8 Å². The zero-order valence-electron chi connectivity index (χ0n) is 12.2. The molecule has 1 rings (SSSR count). The summed E-state index contributed by atoms with van der Waals surface area (Å²) in [5.74, 6) is -0.533. The van der Waals surface area contributed by atoms with Crippen LogP contribution in [0, 0.1) is 0 Å². The summed E-state index contributed by atoms with van der Waals surface area (Å²) in [6, 6.07) is 6.47. The van der Waals surface area contributed by atoms with E-state index < -0.39 is 5.60 Å². The first-order chi connectivity index (χ1) is 9.45. The second kappa shape index (κ2) is 7.05. The average molecular weight is 278 g/mol. The Morgan fingerprint density at radius 3 is 2.20 bits per heavy atom. The van der Waals surface area contributed by atoms with Gasteiger partial charge in [0, 0.05) is 24.7 Å². The van der Waals surface area contributed by atoms with Crippen LogP contribution in [0.3, 0.4) is 0 Å². The Labute approximate surface area is 119 Å². The van der Waals surface area contributed by atoms with Crippen molar-refractivity contribution in [3.8, 4) is 0 Å². The number of hydrogen-bond donors (Lipinski definition) is 3. The minimum Gasteiger partial charge on any atom is -0.388 e. The number of rotatable bonds is 6. The molecule has 5 nitrogen and oxygen atoms in total. The molecule has 0 saturated heterocycles. The molecule has 5 heteroatoms. The molecule has 1 aromatic rings. The summed E-state index contributed by atoms with van der Waals surface area (Å²) >= 11 is 0. The molecule has 1 aromatic carbocycles. The molecular formula is C15H22N2O3. The molecule has 0 aliphatic heterocycles. The van der Waals surface area contributed by atoms with Crippen molar-refractivity contribution in [3.05, 3.63) is 35.4 Å². The smallest absolute Gasteiger partial charge is 0.251 e.